The molecule has 0 fully saturated rings. The molecule has 2 rings (SSSR count). The summed E-state index contributed by atoms with van der Waals surface area (Å²) in [5.41, 5.74) is 8.69. The van der Waals surface area contributed by atoms with Crippen LogP contribution in [-0.2, 0) is 6.42 Å². The van der Waals surface area contributed by atoms with Crippen molar-refractivity contribution in [3.63, 3.8) is 0 Å². The van der Waals surface area contributed by atoms with Crippen molar-refractivity contribution in [2.75, 3.05) is 11.9 Å². The molecule has 0 bridgehead atoms. The van der Waals surface area contributed by atoms with E-state index in [9.17, 15) is 4.39 Å². The monoisotopic (exact) mass is 427 g/mol. The van der Waals surface area contributed by atoms with Crippen molar-refractivity contribution in [1.29, 1.82) is 0 Å². The largest absolute Gasteiger partial charge is 0.370 e. The lowest BCUT2D eigenvalue weighted by Gasteiger charge is -2.10. The molecule has 0 saturated heterocycles. The number of hydrogen-bond donors (Lipinski definition) is 2. The van der Waals surface area contributed by atoms with Gasteiger partial charge in [0.15, 0.2) is 5.96 Å². The zero-order chi connectivity index (χ0) is 15.9. The van der Waals surface area contributed by atoms with Crippen molar-refractivity contribution < 1.29 is 4.39 Å². The van der Waals surface area contributed by atoms with E-state index in [0.29, 0.717) is 30.4 Å². The van der Waals surface area contributed by atoms with Gasteiger partial charge in [0.05, 0.1) is 0 Å². The molecule has 0 atom stereocenters. The molecule has 0 aliphatic carbocycles. The third-order valence-corrected chi connectivity index (χ3v) is 3.45. The minimum Gasteiger partial charge on any atom is -0.370 e. The number of nitrogens with zero attached hydrogens (tertiary/aromatic N) is 1. The van der Waals surface area contributed by atoms with Crippen molar-refractivity contribution in [3.05, 3.63) is 65.5 Å². The van der Waals surface area contributed by atoms with Gasteiger partial charge in [0.2, 0.25) is 0 Å². The number of rotatable bonds is 5. The average Bonchev–Trinajstić information content (AvgIpc) is 2.49. The molecule has 3 nitrogen and oxygen atoms in total. The molecule has 2 aromatic rings. The fourth-order valence-corrected chi connectivity index (χ4v) is 2.16. The van der Waals surface area contributed by atoms with Gasteiger partial charge in [-0.05, 0) is 41.7 Å². The first-order valence-electron chi connectivity index (χ1n) is 7.46. The topological polar surface area (TPSA) is 50.4 Å². The van der Waals surface area contributed by atoms with Gasteiger partial charge in [-0.1, -0.05) is 44.2 Å². The number of guanidine groups is 1. The Kier molecular flexibility index (Phi) is 8.02. The van der Waals surface area contributed by atoms with Crippen molar-refractivity contribution in [1.82, 2.24) is 0 Å². The van der Waals surface area contributed by atoms with Gasteiger partial charge in [-0.3, -0.25) is 4.99 Å². The van der Waals surface area contributed by atoms with Crippen molar-refractivity contribution >= 4 is 35.6 Å². The van der Waals surface area contributed by atoms with E-state index in [1.165, 1.54) is 11.6 Å². The summed E-state index contributed by atoms with van der Waals surface area (Å²) in [7, 11) is 0. The van der Waals surface area contributed by atoms with E-state index in [1.807, 2.05) is 18.2 Å². The summed E-state index contributed by atoms with van der Waals surface area (Å²) in [6, 6.07) is 14.8. The zero-order valence-electron chi connectivity index (χ0n) is 13.4. The van der Waals surface area contributed by atoms with Crippen LogP contribution in [0.4, 0.5) is 10.1 Å². The molecule has 0 heterocycles. The fraction of sp³-hybridized carbons (Fsp3) is 0.278. The number of benzene rings is 2. The van der Waals surface area contributed by atoms with Crippen LogP contribution in [0.3, 0.4) is 0 Å². The number of nitrogens with one attached hydrogen (secondary N) is 1. The van der Waals surface area contributed by atoms with Crippen molar-refractivity contribution in [2.45, 2.75) is 26.2 Å². The van der Waals surface area contributed by atoms with E-state index in [2.05, 4.69) is 36.3 Å². The van der Waals surface area contributed by atoms with E-state index < -0.39 is 0 Å². The Labute approximate surface area is 154 Å². The maximum absolute atomic E-state index is 13.5. The Hall–Kier alpha value is -1.63. The number of halogens is 2. The SMILES string of the molecule is CC(C)c1cccc(NC(N)=NCCc2ccccc2F)c1.I. The summed E-state index contributed by atoms with van der Waals surface area (Å²) in [5, 5.41) is 3.07. The van der Waals surface area contributed by atoms with E-state index in [-0.39, 0.29) is 29.8 Å². The average molecular weight is 427 g/mol. The van der Waals surface area contributed by atoms with Crippen LogP contribution in [-0.4, -0.2) is 12.5 Å². The Balaban J connectivity index is 0.00000264. The van der Waals surface area contributed by atoms with Crippen LogP contribution in [0.2, 0.25) is 0 Å². The number of aliphatic imine (C=N–C) groups is 1. The normalized spacial score (nSPS) is 11.2. The van der Waals surface area contributed by atoms with Gasteiger partial charge in [0.1, 0.15) is 5.82 Å². The van der Waals surface area contributed by atoms with Gasteiger partial charge >= 0.3 is 0 Å². The highest BCUT2D eigenvalue weighted by Gasteiger charge is 2.02. The minimum absolute atomic E-state index is 0. The van der Waals surface area contributed by atoms with Gasteiger partial charge in [0, 0.05) is 12.2 Å². The molecule has 2 aromatic carbocycles. The van der Waals surface area contributed by atoms with E-state index in [1.54, 1.807) is 12.1 Å². The molecule has 0 spiro atoms. The predicted octanol–water partition coefficient (Wildman–Crippen LogP) is 4.54. The first-order chi connectivity index (χ1) is 10.6. The highest BCUT2D eigenvalue weighted by Crippen LogP contribution is 2.18. The second-order valence-corrected chi connectivity index (χ2v) is 5.51. The molecule has 0 radical (unpaired) electrons. The second kappa shape index (κ2) is 9.50. The Morgan fingerprint density at radius 3 is 2.61 bits per heavy atom. The standard InChI is InChI=1S/C18H22FN3.HI/c1-13(2)15-7-5-8-16(12-15)22-18(20)21-11-10-14-6-3-4-9-17(14)19;/h3-9,12-13H,10-11H2,1-2H3,(H3,20,21,22);1H. The molecule has 0 aromatic heterocycles. The van der Waals surface area contributed by atoms with Gasteiger partial charge in [-0.2, -0.15) is 0 Å². The number of hydrogen-bond acceptors (Lipinski definition) is 1. The summed E-state index contributed by atoms with van der Waals surface area (Å²) in [6.45, 7) is 4.74. The Morgan fingerprint density at radius 1 is 1.17 bits per heavy atom. The summed E-state index contributed by atoms with van der Waals surface area (Å²) in [6.07, 6.45) is 0.529. The molecule has 0 aliphatic heterocycles. The quantitative estimate of drug-likeness (QED) is 0.418. The maximum atomic E-state index is 13.5. The third-order valence-electron chi connectivity index (χ3n) is 3.45. The van der Waals surface area contributed by atoms with Gasteiger partial charge in [0.25, 0.3) is 0 Å². The molecule has 5 heteroatoms. The smallest absolute Gasteiger partial charge is 0.193 e. The molecule has 0 saturated carbocycles. The van der Waals surface area contributed by atoms with Crippen LogP contribution in [0.5, 0.6) is 0 Å². The lowest BCUT2D eigenvalue weighted by molar-refractivity contribution is 0.609. The van der Waals surface area contributed by atoms with Crippen LogP contribution < -0.4 is 11.1 Å². The number of anilines is 1. The maximum Gasteiger partial charge on any atom is 0.193 e. The zero-order valence-corrected chi connectivity index (χ0v) is 15.8. The minimum atomic E-state index is -0.200. The summed E-state index contributed by atoms with van der Waals surface area (Å²) >= 11 is 0. The van der Waals surface area contributed by atoms with Crippen LogP contribution in [0, 0.1) is 5.82 Å². The molecular weight excluding hydrogens is 404 g/mol. The van der Waals surface area contributed by atoms with Crippen LogP contribution in [0.25, 0.3) is 0 Å². The first kappa shape index (κ1) is 19.4. The van der Waals surface area contributed by atoms with E-state index in [0.717, 1.165) is 5.69 Å². The first-order valence-corrected chi connectivity index (χ1v) is 7.46. The lowest BCUT2D eigenvalue weighted by atomic mass is 10.0. The van der Waals surface area contributed by atoms with Crippen LogP contribution >= 0.6 is 24.0 Å². The molecular formula is C18H23FIN3. The van der Waals surface area contributed by atoms with Gasteiger partial charge in [-0.15, -0.1) is 24.0 Å². The van der Waals surface area contributed by atoms with Crippen molar-refractivity contribution in [2.24, 2.45) is 10.7 Å². The molecule has 0 amide bonds. The Morgan fingerprint density at radius 2 is 1.91 bits per heavy atom. The van der Waals surface area contributed by atoms with E-state index >= 15 is 0 Å². The second-order valence-electron chi connectivity index (χ2n) is 5.51. The third kappa shape index (κ3) is 6.17. The molecule has 124 valence electrons. The molecule has 0 unspecified atom stereocenters. The highest BCUT2D eigenvalue weighted by atomic mass is 127. The highest BCUT2D eigenvalue weighted by molar-refractivity contribution is 14.0. The summed E-state index contributed by atoms with van der Waals surface area (Å²) in [4.78, 5) is 4.25. The Bertz CT molecular complexity index is 656. The number of nitrogens with two attached hydrogens (primary N) is 1. The lowest BCUT2D eigenvalue weighted by Crippen LogP contribution is -2.23. The summed E-state index contributed by atoms with van der Waals surface area (Å²) in [5.74, 6) is 0.604. The van der Waals surface area contributed by atoms with Crippen molar-refractivity contribution in [3.8, 4) is 0 Å². The predicted molar refractivity (Wildman–Crippen MR) is 106 cm³/mol. The van der Waals surface area contributed by atoms with Crippen LogP contribution in [0.1, 0.15) is 30.9 Å². The van der Waals surface area contributed by atoms with Gasteiger partial charge in [-0.25, -0.2) is 4.39 Å². The molecule has 3 N–H and O–H groups in total. The van der Waals surface area contributed by atoms with Crippen LogP contribution in [0.15, 0.2) is 53.5 Å². The van der Waals surface area contributed by atoms with E-state index in [4.69, 9.17) is 5.73 Å². The summed E-state index contributed by atoms with van der Waals surface area (Å²) < 4.78 is 13.5. The molecule has 23 heavy (non-hydrogen) atoms. The fourth-order valence-electron chi connectivity index (χ4n) is 2.16. The molecule has 0 aliphatic rings. The van der Waals surface area contributed by atoms with Gasteiger partial charge < -0.3 is 11.1 Å².